The van der Waals surface area contributed by atoms with Crippen LogP contribution in [0.1, 0.15) is 31.4 Å². The molecule has 124 valence electrons. The summed E-state index contributed by atoms with van der Waals surface area (Å²) in [5.41, 5.74) is 3.91. The molecule has 5 heteroatoms. The molecule has 2 heterocycles. The Labute approximate surface area is 141 Å². The number of aromatic nitrogens is 2. The van der Waals surface area contributed by atoms with E-state index in [-0.39, 0.29) is 0 Å². The van der Waals surface area contributed by atoms with E-state index in [1.807, 2.05) is 41.7 Å². The maximum atomic E-state index is 10.1. The maximum absolute atomic E-state index is 10.1. The second-order valence-corrected chi connectivity index (χ2v) is 6.62. The van der Waals surface area contributed by atoms with Crippen molar-refractivity contribution in [2.24, 2.45) is 5.92 Å². The SMILES string of the molecule is Cc1cc(NC[C@@H](O)CC(C)C)n2c(nc3ccccc32)c1C#N. The molecule has 0 radical (unpaired) electrons. The smallest absolute Gasteiger partial charge is 0.157 e. The number of hydrogen-bond acceptors (Lipinski definition) is 4. The molecule has 5 nitrogen and oxygen atoms in total. The van der Waals surface area contributed by atoms with E-state index in [9.17, 15) is 10.4 Å². The number of hydrogen-bond donors (Lipinski definition) is 2. The summed E-state index contributed by atoms with van der Waals surface area (Å²) in [5, 5.41) is 23.0. The maximum Gasteiger partial charge on any atom is 0.157 e. The number of nitrogens with one attached hydrogen (secondary N) is 1. The van der Waals surface area contributed by atoms with Gasteiger partial charge in [0.2, 0.25) is 0 Å². The van der Waals surface area contributed by atoms with Crippen molar-refractivity contribution in [1.82, 2.24) is 9.38 Å². The van der Waals surface area contributed by atoms with Gasteiger partial charge in [-0.3, -0.25) is 4.40 Å². The Bertz CT molecular complexity index is 920. The molecule has 0 saturated carbocycles. The lowest BCUT2D eigenvalue weighted by Gasteiger charge is -2.17. The van der Waals surface area contributed by atoms with Crippen LogP contribution >= 0.6 is 0 Å². The minimum Gasteiger partial charge on any atom is -0.391 e. The predicted molar refractivity (Wildman–Crippen MR) is 96.1 cm³/mol. The van der Waals surface area contributed by atoms with Gasteiger partial charge in [-0.2, -0.15) is 5.26 Å². The first-order chi connectivity index (χ1) is 11.5. The summed E-state index contributed by atoms with van der Waals surface area (Å²) >= 11 is 0. The van der Waals surface area contributed by atoms with Crippen molar-refractivity contribution in [1.29, 1.82) is 5.26 Å². The summed E-state index contributed by atoms with van der Waals surface area (Å²) in [6.07, 6.45) is 0.335. The summed E-state index contributed by atoms with van der Waals surface area (Å²) < 4.78 is 1.96. The van der Waals surface area contributed by atoms with Gasteiger partial charge in [0, 0.05) is 6.54 Å². The first-order valence-electron chi connectivity index (χ1n) is 8.24. The van der Waals surface area contributed by atoms with E-state index in [1.165, 1.54) is 0 Å². The van der Waals surface area contributed by atoms with Crippen LogP contribution in [0.15, 0.2) is 30.3 Å². The van der Waals surface area contributed by atoms with Gasteiger partial charge in [-0.1, -0.05) is 26.0 Å². The molecule has 2 aromatic heterocycles. The number of nitriles is 1. The summed E-state index contributed by atoms with van der Waals surface area (Å²) in [6.45, 7) is 6.56. The summed E-state index contributed by atoms with van der Waals surface area (Å²) in [6, 6.07) is 12.0. The van der Waals surface area contributed by atoms with Crippen molar-refractivity contribution in [2.75, 3.05) is 11.9 Å². The molecular formula is C19H22N4O. The van der Waals surface area contributed by atoms with Crippen molar-refractivity contribution in [3.8, 4) is 6.07 Å². The molecule has 2 N–H and O–H groups in total. The Balaban J connectivity index is 2.09. The van der Waals surface area contributed by atoms with E-state index < -0.39 is 6.10 Å². The largest absolute Gasteiger partial charge is 0.391 e. The van der Waals surface area contributed by atoms with E-state index in [4.69, 9.17) is 0 Å². The lowest BCUT2D eigenvalue weighted by atomic mass is 10.1. The molecule has 0 aliphatic heterocycles. The molecule has 3 aromatic rings. The normalized spacial score (nSPS) is 12.7. The molecule has 0 aliphatic carbocycles. The number of aryl methyl sites for hydroxylation is 1. The molecule has 24 heavy (non-hydrogen) atoms. The minimum atomic E-state index is -0.411. The van der Waals surface area contributed by atoms with Gasteiger partial charge in [-0.05, 0) is 43.0 Å². The third-order valence-corrected chi connectivity index (χ3v) is 4.15. The Morgan fingerprint density at radius 3 is 2.79 bits per heavy atom. The minimum absolute atomic E-state index is 0.411. The molecule has 3 rings (SSSR count). The average Bonchev–Trinajstić information content (AvgIpc) is 2.91. The third-order valence-electron chi connectivity index (χ3n) is 4.15. The summed E-state index contributed by atoms with van der Waals surface area (Å²) in [7, 11) is 0. The second-order valence-electron chi connectivity index (χ2n) is 6.62. The molecule has 0 fully saturated rings. The first kappa shape index (κ1) is 16.3. The van der Waals surface area contributed by atoms with Crippen LogP contribution < -0.4 is 5.32 Å². The number of anilines is 1. The van der Waals surface area contributed by atoms with E-state index >= 15 is 0 Å². The molecule has 0 unspecified atom stereocenters. The molecule has 0 saturated heterocycles. The highest BCUT2D eigenvalue weighted by Gasteiger charge is 2.15. The second kappa shape index (κ2) is 6.50. The van der Waals surface area contributed by atoms with E-state index in [0.717, 1.165) is 28.8 Å². The van der Waals surface area contributed by atoms with Crippen LogP contribution in [0.4, 0.5) is 5.82 Å². The van der Waals surface area contributed by atoms with Crippen LogP contribution in [-0.2, 0) is 0 Å². The van der Waals surface area contributed by atoms with Crippen molar-refractivity contribution in [3.63, 3.8) is 0 Å². The van der Waals surface area contributed by atoms with Crippen molar-refractivity contribution in [3.05, 3.63) is 41.5 Å². The number of aliphatic hydroxyl groups excluding tert-OH is 1. The molecule has 0 aliphatic rings. The zero-order valence-electron chi connectivity index (χ0n) is 14.2. The third kappa shape index (κ3) is 2.93. The molecule has 0 bridgehead atoms. The molecular weight excluding hydrogens is 300 g/mol. The Hall–Kier alpha value is -2.58. The summed E-state index contributed by atoms with van der Waals surface area (Å²) in [4.78, 5) is 4.62. The number of aliphatic hydroxyl groups is 1. The number of rotatable bonds is 5. The van der Waals surface area contributed by atoms with Crippen LogP contribution in [-0.4, -0.2) is 27.1 Å². The molecule has 0 amide bonds. The van der Waals surface area contributed by atoms with Gasteiger partial charge in [0.05, 0.1) is 22.7 Å². The standard InChI is InChI=1S/C19H22N4O/c1-12(2)8-14(24)11-21-18-9-13(3)15(10-20)19-22-16-6-4-5-7-17(16)23(18)19/h4-7,9,12,14,21,24H,8,11H2,1-3H3/t14-/m0/s1. The van der Waals surface area contributed by atoms with Crippen LogP contribution in [0.25, 0.3) is 16.7 Å². The Morgan fingerprint density at radius 2 is 2.08 bits per heavy atom. The van der Waals surface area contributed by atoms with Crippen LogP contribution in [0.3, 0.4) is 0 Å². The lowest BCUT2D eigenvalue weighted by Crippen LogP contribution is -2.22. The van der Waals surface area contributed by atoms with Crippen molar-refractivity contribution >= 4 is 22.5 Å². The van der Waals surface area contributed by atoms with Crippen LogP contribution in [0, 0.1) is 24.2 Å². The number of benzene rings is 1. The number of pyridine rings is 1. The fourth-order valence-corrected chi connectivity index (χ4v) is 3.07. The van der Waals surface area contributed by atoms with Gasteiger partial charge in [-0.25, -0.2) is 4.98 Å². The lowest BCUT2D eigenvalue weighted by molar-refractivity contribution is 0.161. The fraction of sp³-hybridized carbons (Fsp3) is 0.368. The molecule has 0 spiro atoms. The van der Waals surface area contributed by atoms with Gasteiger partial charge in [0.25, 0.3) is 0 Å². The van der Waals surface area contributed by atoms with E-state index in [0.29, 0.717) is 23.7 Å². The van der Waals surface area contributed by atoms with Crippen molar-refractivity contribution < 1.29 is 5.11 Å². The van der Waals surface area contributed by atoms with E-state index in [1.54, 1.807) is 0 Å². The van der Waals surface area contributed by atoms with Gasteiger partial charge in [0.15, 0.2) is 5.65 Å². The predicted octanol–water partition coefficient (Wildman–Crippen LogP) is 3.49. The van der Waals surface area contributed by atoms with Crippen molar-refractivity contribution in [2.45, 2.75) is 33.3 Å². The average molecular weight is 322 g/mol. The Morgan fingerprint density at radius 1 is 1.33 bits per heavy atom. The number of nitrogens with zero attached hydrogens (tertiary/aromatic N) is 3. The van der Waals surface area contributed by atoms with Gasteiger partial charge < -0.3 is 10.4 Å². The van der Waals surface area contributed by atoms with Gasteiger partial charge >= 0.3 is 0 Å². The van der Waals surface area contributed by atoms with Gasteiger partial charge in [0.1, 0.15) is 11.9 Å². The zero-order valence-corrected chi connectivity index (χ0v) is 14.2. The highest BCUT2D eigenvalue weighted by molar-refractivity contribution is 5.85. The Kier molecular flexibility index (Phi) is 4.41. The van der Waals surface area contributed by atoms with E-state index in [2.05, 4.69) is 30.2 Å². The topological polar surface area (TPSA) is 73.3 Å². The van der Waals surface area contributed by atoms with Gasteiger partial charge in [-0.15, -0.1) is 0 Å². The number of fused-ring (bicyclic) bond motifs is 3. The fourth-order valence-electron chi connectivity index (χ4n) is 3.07. The quantitative estimate of drug-likeness (QED) is 0.754. The highest BCUT2D eigenvalue weighted by Crippen LogP contribution is 2.26. The summed E-state index contributed by atoms with van der Waals surface area (Å²) in [5.74, 6) is 1.29. The highest BCUT2D eigenvalue weighted by atomic mass is 16.3. The monoisotopic (exact) mass is 322 g/mol. The molecule has 1 atom stereocenters. The zero-order chi connectivity index (χ0) is 17.3. The van der Waals surface area contributed by atoms with Crippen LogP contribution in [0.5, 0.6) is 0 Å². The number of imidazole rings is 1. The molecule has 1 aromatic carbocycles. The van der Waals surface area contributed by atoms with Crippen LogP contribution in [0.2, 0.25) is 0 Å². The number of para-hydroxylation sites is 2. The first-order valence-corrected chi connectivity index (χ1v) is 8.24.